The van der Waals surface area contributed by atoms with Gasteiger partial charge in [-0.2, -0.15) is 4.98 Å². The maximum Gasteiger partial charge on any atom is 0.222 e. The molecule has 0 atom stereocenters. The van der Waals surface area contributed by atoms with Crippen molar-refractivity contribution in [3.8, 4) is 0 Å². The number of nitrogens with one attached hydrogen (secondary N) is 1. The highest BCUT2D eigenvalue weighted by Gasteiger charge is 2.29. The molecule has 1 aromatic heterocycles. The highest BCUT2D eigenvalue weighted by Crippen LogP contribution is 2.35. The van der Waals surface area contributed by atoms with E-state index in [1.807, 2.05) is 36.4 Å². The molecule has 0 radical (unpaired) electrons. The molecule has 23 heavy (non-hydrogen) atoms. The molecule has 0 unspecified atom stereocenters. The van der Waals surface area contributed by atoms with E-state index in [0.717, 1.165) is 24.4 Å². The minimum absolute atomic E-state index is 0.291. The van der Waals surface area contributed by atoms with Crippen LogP contribution in [-0.4, -0.2) is 29.2 Å². The van der Waals surface area contributed by atoms with Crippen LogP contribution < -0.4 is 16.8 Å². The third-order valence-electron chi connectivity index (χ3n) is 4.02. The van der Waals surface area contributed by atoms with E-state index in [9.17, 15) is 0 Å². The van der Waals surface area contributed by atoms with Crippen LogP contribution in [0.25, 0.3) is 0 Å². The summed E-state index contributed by atoms with van der Waals surface area (Å²) in [7, 11) is 0. The zero-order valence-electron chi connectivity index (χ0n) is 13.1. The van der Waals surface area contributed by atoms with Crippen molar-refractivity contribution in [1.82, 2.24) is 9.97 Å². The monoisotopic (exact) mass is 313 g/mol. The van der Waals surface area contributed by atoms with E-state index in [1.54, 1.807) is 0 Å². The van der Waals surface area contributed by atoms with E-state index in [1.165, 1.54) is 5.56 Å². The normalized spacial score (nSPS) is 20.0. The second-order valence-electron chi connectivity index (χ2n) is 5.93. The Kier molecular flexibility index (Phi) is 5.05. The minimum Gasteiger partial charge on any atom is -0.375 e. The molecule has 1 saturated carbocycles. The van der Waals surface area contributed by atoms with Crippen molar-refractivity contribution in [2.75, 3.05) is 24.2 Å². The highest BCUT2D eigenvalue weighted by atomic mass is 16.5. The van der Waals surface area contributed by atoms with Crippen LogP contribution in [0.5, 0.6) is 0 Å². The zero-order valence-corrected chi connectivity index (χ0v) is 13.1. The number of aromatic nitrogens is 2. The molecular weight excluding hydrogens is 290 g/mol. The standard InChI is InChI=1S/C17H23N5O/c18-14-8-13(9-14)15-10-16(22-17(19)21-15)20-6-7-23-11-12-4-2-1-3-5-12/h1-5,10,13-14H,6-9,11,18H2,(H3,19,20,21,22). The van der Waals surface area contributed by atoms with Crippen molar-refractivity contribution in [1.29, 1.82) is 0 Å². The Morgan fingerprint density at radius 2 is 1.96 bits per heavy atom. The number of rotatable bonds is 7. The Morgan fingerprint density at radius 1 is 1.17 bits per heavy atom. The second-order valence-corrected chi connectivity index (χ2v) is 5.93. The third kappa shape index (κ3) is 4.40. The predicted octanol–water partition coefficient (Wildman–Crippen LogP) is 1.89. The number of nitrogen functional groups attached to an aromatic ring is 1. The van der Waals surface area contributed by atoms with E-state index >= 15 is 0 Å². The Bertz CT molecular complexity index is 628. The van der Waals surface area contributed by atoms with Gasteiger partial charge in [0, 0.05) is 24.6 Å². The van der Waals surface area contributed by atoms with Crippen LogP contribution in [0.3, 0.4) is 0 Å². The smallest absolute Gasteiger partial charge is 0.222 e. The maximum absolute atomic E-state index is 5.84. The van der Waals surface area contributed by atoms with Gasteiger partial charge in [0.2, 0.25) is 5.95 Å². The molecule has 0 saturated heterocycles. The number of hydrogen-bond donors (Lipinski definition) is 3. The lowest BCUT2D eigenvalue weighted by Crippen LogP contribution is -2.35. The first kappa shape index (κ1) is 15.7. The molecule has 1 fully saturated rings. The van der Waals surface area contributed by atoms with Crippen molar-refractivity contribution in [2.45, 2.75) is 31.4 Å². The third-order valence-corrected chi connectivity index (χ3v) is 4.02. The molecule has 0 bridgehead atoms. The summed E-state index contributed by atoms with van der Waals surface area (Å²) in [5.41, 5.74) is 13.8. The van der Waals surface area contributed by atoms with Gasteiger partial charge in [-0.15, -0.1) is 0 Å². The highest BCUT2D eigenvalue weighted by molar-refractivity contribution is 5.42. The quantitative estimate of drug-likeness (QED) is 0.675. The molecule has 5 N–H and O–H groups in total. The second kappa shape index (κ2) is 7.39. The van der Waals surface area contributed by atoms with Crippen molar-refractivity contribution < 1.29 is 4.74 Å². The summed E-state index contributed by atoms with van der Waals surface area (Å²) in [5, 5.41) is 3.24. The molecule has 0 amide bonds. The summed E-state index contributed by atoms with van der Waals surface area (Å²) in [5.74, 6) is 1.46. The van der Waals surface area contributed by atoms with Crippen LogP contribution in [0.2, 0.25) is 0 Å². The number of hydrogen-bond acceptors (Lipinski definition) is 6. The molecule has 3 rings (SSSR count). The molecule has 1 heterocycles. The molecule has 2 aromatic rings. The van der Waals surface area contributed by atoms with Gasteiger partial charge in [-0.25, -0.2) is 4.98 Å². The van der Waals surface area contributed by atoms with Gasteiger partial charge in [-0.3, -0.25) is 0 Å². The van der Waals surface area contributed by atoms with Crippen molar-refractivity contribution in [3.05, 3.63) is 47.7 Å². The Balaban J connectivity index is 1.44. The summed E-state index contributed by atoms with van der Waals surface area (Å²) in [6.45, 7) is 1.88. The topological polar surface area (TPSA) is 99.1 Å². The molecule has 6 heteroatoms. The lowest BCUT2D eigenvalue weighted by atomic mass is 9.78. The first-order chi connectivity index (χ1) is 11.2. The fraction of sp³-hybridized carbons (Fsp3) is 0.412. The van der Waals surface area contributed by atoms with Gasteiger partial charge >= 0.3 is 0 Å². The van der Waals surface area contributed by atoms with Crippen molar-refractivity contribution in [3.63, 3.8) is 0 Å². The maximum atomic E-state index is 5.84. The molecule has 1 aliphatic carbocycles. The van der Waals surface area contributed by atoms with Crippen molar-refractivity contribution in [2.24, 2.45) is 5.73 Å². The van der Waals surface area contributed by atoms with Crippen molar-refractivity contribution >= 4 is 11.8 Å². The van der Waals surface area contributed by atoms with Crippen LogP contribution >= 0.6 is 0 Å². The van der Waals surface area contributed by atoms with Gasteiger partial charge in [0.05, 0.1) is 18.9 Å². The van der Waals surface area contributed by atoms with Crippen LogP contribution in [0.15, 0.2) is 36.4 Å². The van der Waals surface area contributed by atoms with Crippen LogP contribution in [0.1, 0.15) is 30.0 Å². The summed E-state index contributed by atoms with van der Waals surface area (Å²) < 4.78 is 5.64. The van der Waals surface area contributed by atoms with Gasteiger partial charge in [0.1, 0.15) is 5.82 Å². The van der Waals surface area contributed by atoms with E-state index in [-0.39, 0.29) is 0 Å². The van der Waals surface area contributed by atoms with Gasteiger partial charge < -0.3 is 21.5 Å². The molecule has 122 valence electrons. The van der Waals surface area contributed by atoms with E-state index in [0.29, 0.717) is 37.7 Å². The summed E-state index contributed by atoms with van der Waals surface area (Å²) in [6.07, 6.45) is 1.94. The van der Waals surface area contributed by atoms with E-state index < -0.39 is 0 Å². The van der Waals surface area contributed by atoms with Crippen LogP contribution in [0, 0.1) is 0 Å². The summed E-state index contributed by atoms with van der Waals surface area (Å²) >= 11 is 0. The summed E-state index contributed by atoms with van der Waals surface area (Å²) in [6, 6.07) is 12.4. The molecule has 0 aliphatic heterocycles. The fourth-order valence-electron chi connectivity index (χ4n) is 2.70. The van der Waals surface area contributed by atoms with Gasteiger partial charge in [-0.05, 0) is 18.4 Å². The first-order valence-corrected chi connectivity index (χ1v) is 7.96. The Hall–Kier alpha value is -2.18. The lowest BCUT2D eigenvalue weighted by Gasteiger charge is -2.32. The Labute approximate surface area is 136 Å². The molecule has 1 aliphatic rings. The fourth-order valence-corrected chi connectivity index (χ4v) is 2.70. The first-order valence-electron chi connectivity index (χ1n) is 7.96. The number of ether oxygens (including phenoxy) is 1. The molecule has 1 aromatic carbocycles. The van der Waals surface area contributed by atoms with Crippen LogP contribution in [0.4, 0.5) is 11.8 Å². The zero-order chi connectivity index (χ0) is 16.1. The van der Waals surface area contributed by atoms with Gasteiger partial charge in [-0.1, -0.05) is 30.3 Å². The molecule has 0 spiro atoms. The average molecular weight is 313 g/mol. The van der Waals surface area contributed by atoms with Gasteiger partial charge in [0.15, 0.2) is 0 Å². The predicted molar refractivity (Wildman–Crippen MR) is 91.0 cm³/mol. The molecule has 6 nitrogen and oxygen atoms in total. The van der Waals surface area contributed by atoms with E-state index in [2.05, 4.69) is 15.3 Å². The number of benzene rings is 1. The largest absolute Gasteiger partial charge is 0.375 e. The van der Waals surface area contributed by atoms with E-state index in [4.69, 9.17) is 16.2 Å². The number of anilines is 2. The SMILES string of the molecule is Nc1nc(NCCOCc2ccccc2)cc(C2CC(N)C2)n1. The lowest BCUT2D eigenvalue weighted by molar-refractivity contribution is 0.130. The average Bonchev–Trinajstić information content (AvgIpc) is 2.52. The number of nitrogens with zero attached hydrogens (tertiary/aromatic N) is 2. The van der Waals surface area contributed by atoms with Gasteiger partial charge in [0.25, 0.3) is 0 Å². The minimum atomic E-state index is 0.291. The number of nitrogens with two attached hydrogens (primary N) is 2. The van der Waals surface area contributed by atoms with Crippen LogP contribution in [-0.2, 0) is 11.3 Å². The molecular formula is C17H23N5O. The summed E-state index contributed by atoms with van der Waals surface area (Å²) in [4.78, 5) is 8.53. The Morgan fingerprint density at radius 3 is 2.70 bits per heavy atom.